The molecule has 0 aliphatic rings. The van der Waals surface area contributed by atoms with E-state index >= 15 is 0 Å². The van der Waals surface area contributed by atoms with E-state index in [0.29, 0.717) is 16.9 Å². The van der Waals surface area contributed by atoms with Gasteiger partial charge in [-0.2, -0.15) is 0 Å². The summed E-state index contributed by atoms with van der Waals surface area (Å²) in [6, 6.07) is 7.55. The number of aromatic nitrogens is 1. The molecule has 1 aromatic carbocycles. The Morgan fingerprint density at radius 1 is 1.42 bits per heavy atom. The quantitative estimate of drug-likeness (QED) is 0.874. The molecule has 5 heteroatoms. The largest absolute Gasteiger partial charge is 0.299 e. The Labute approximate surface area is 113 Å². The molecule has 1 heterocycles. The molecule has 1 N–H and O–H groups in total. The van der Waals surface area contributed by atoms with E-state index in [1.54, 1.807) is 31.3 Å². The predicted octanol–water partition coefficient (Wildman–Crippen LogP) is 2.65. The van der Waals surface area contributed by atoms with Gasteiger partial charge >= 0.3 is 0 Å². The summed E-state index contributed by atoms with van der Waals surface area (Å²) in [6.07, 6.45) is 6.83. The standard InChI is InChI=1S/C14H11FN2OS/c1-3-11-8-13(10(2)16-9-11)17-19(18)14-7-5-4-6-12(14)15/h1,4-9,17H,2H3. The summed E-state index contributed by atoms with van der Waals surface area (Å²) >= 11 is 0. The van der Waals surface area contributed by atoms with Crippen molar-refractivity contribution < 1.29 is 8.60 Å². The van der Waals surface area contributed by atoms with Gasteiger partial charge in [-0.05, 0) is 25.1 Å². The Kier molecular flexibility index (Phi) is 3.93. The lowest BCUT2D eigenvalue weighted by atomic mass is 10.2. The minimum Gasteiger partial charge on any atom is -0.299 e. The van der Waals surface area contributed by atoms with Crippen LogP contribution in [0, 0.1) is 25.1 Å². The van der Waals surface area contributed by atoms with Gasteiger partial charge in [-0.1, -0.05) is 18.1 Å². The molecule has 3 nitrogen and oxygen atoms in total. The zero-order valence-corrected chi connectivity index (χ0v) is 11.0. The number of hydrogen-bond donors (Lipinski definition) is 1. The average Bonchev–Trinajstić information content (AvgIpc) is 2.41. The number of pyridine rings is 1. The van der Waals surface area contributed by atoms with E-state index in [2.05, 4.69) is 15.6 Å². The molecule has 1 atom stereocenters. The van der Waals surface area contributed by atoms with E-state index in [-0.39, 0.29) is 4.90 Å². The van der Waals surface area contributed by atoms with Gasteiger partial charge in [0, 0.05) is 11.8 Å². The van der Waals surface area contributed by atoms with Gasteiger partial charge in [-0.3, -0.25) is 9.71 Å². The fourth-order valence-corrected chi connectivity index (χ4v) is 2.43. The van der Waals surface area contributed by atoms with Crippen molar-refractivity contribution in [2.45, 2.75) is 11.8 Å². The summed E-state index contributed by atoms with van der Waals surface area (Å²) in [5.74, 6) is 1.92. The molecule has 19 heavy (non-hydrogen) atoms. The Hall–Kier alpha value is -2.19. The van der Waals surface area contributed by atoms with Crippen LogP contribution in [0.25, 0.3) is 0 Å². The topological polar surface area (TPSA) is 42.0 Å². The van der Waals surface area contributed by atoms with E-state index in [0.717, 1.165) is 0 Å². The first-order valence-corrected chi connectivity index (χ1v) is 6.63. The minimum atomic E-state index is -1.70. The highest BCUT2D eigenvalue weighted by molar-refractivity contribution is 7.86. The van der Waals surface area contributed by atoms with Crippen molar-refractivity contribution in [1.82, 2.24) is 4.98 Å². The zero-order valence-electron chi connectivity index (χ0n) is 10.2. The number of nitrogens with zero attached hydrogens (tertiary/aromatic N) is 1. The number of aryl methyl sites for hydroxylation is 1. The number of halogens is 1. The maximum Gasteiger partial charge on any atom is 0.153 e. The third kappa shape index (κ3) is 2.98. The van der Waals surface area contributed by atoms with Gasteiger partial charge in [0.25, 0.3) is 0 Å². The molecule has 0 aliphatic heterocycles. The summed E-state index contributed by atoms with van der Waals surface area (Å²) in [5, 5.41) is 0. The van der Waals surface area contributed by atoms with Gasteiger partial charge in [0.2, 0.25) is 0 Å². The number of nitrogens with one attached hydrogen (secondary N) is 1. The van der Waals surface area contributed by atoms with E-state index in [9.17, 15) is 8.60 Å². The summed E-state index contributed by atoms with van der Waals surface area (Å²) < 4.78 is 28.3. The first-order valence-electron chi connectivity index (χ1n) is 5.48. The number of anilines is 1. The molecule has 0 bridgehead atoms. The maximum absolute atomic E-state index is 13.5. The molecule has 2 rings (SSSR count). The van der Waals surface area contributed by atoms with Crippen LogP contribution in [0.15, 0.2) is 41.4 Å². The smallest absolute Gasteiger partial charge is 0.153 e. The van der Waals surface area contributed by atoms with Crippen LogP contribution in [0.5, 0.6) is 0 Å². The van der Waals surface area contributed by atoms with Crippen LogP contribution in [0.4, 0.5) is 10.1 Å². The van der Waals surface area contributed by atoms with E-state index in [1.807, 2.05) is 0 Å². The lowest BCUT2D eigenvalue weighted by Gasteiger charge is -2.09. The summed E-state index contributed by atoms with van der Waals surface area (Å²) in [5.41, 5.74) is 1.74. The summed E-state index contributed by atoms with van der Waals surface area (Å²) in [7, 11) is -1.70. The zero-order chi connectivity index (χ0) is 13.8. The molecule has 1 unspecified atom stereocenters. The van der Waals surface area contributed by atoms with Crippen molar-refractivity contribution in [2.24, 2.45) is 0 Å². The fourth-order valence-electron chi connectivity index (χ4n) is 1.47. The van der Waals surface area contributed by atoms with Gasteiger partial charge in [-0.25, -0.2) is 8.60 Å². The predicted molar refractivity (Wildman–Crippen MR) is 73.3 cm³/mol. The summed E-state index contributed by atoms with van der Waals surface area (Å²) in [6.45, 7) is 1.75. The van der Waals surface area contributed by atoms with Crippen molar-refractivity contribution in [3.8, 4) is 12.3 Å². The molecule has 0 aliphatic carbocycles. The highest BCUT2D eigenvalue weighted by atomic mass is 32.2. The molecule has 0 saturated heterocycles. The fraction of sp³-hybridized carbons (Fsp3) is 0.0714. The van der Waals surface area contributed by atoms with Crippen molar-refractivity contribution in [1.29, 1.82) is 0 Å². The second-order valence-electron chi connectivity index (χ2n) is 3.80. The van der Waals surface area contributed by atoms with E-state index in [4.69, 9.17) is 6.42 Å². The molecule has 0 radical (unpaired) electrons. The first kappa shape index (κ1) is 13.2. The molecule has 0 amide bonds. The van der Waals surface area contributed by atoms with Crippen molar-refractivity contribution in [3.63, 3.8) is 0 Å². The highest BCUT2D eigenvalue weighted by Gasteiger charge is 2.11. The lowest BCUT2D eigenvalue weighted by molar-refractivity contribution is 0.596. The van der Waals surface area contributed by atoms with Gasteiger partial charge in [0.15, 0.2) is 11.0 Å². The Bertz CT molecular complexity index is 679. The molecule has 1 aromatic heterocycles. The SMILES string of the molecule is C#Cc1cnc(C)c(NS(=O)c2ccccc2F)c1. The van der Waals surface area contributed by atoms with Crippen LogP contribution >= 0.6 is 0 Å². The van der Waals surface area contributed by atoms with Gasteiger partial charge < -0.3 is 0 Å². The molecule has 0 fully saturated rings. The van der Waals surface area contributed by atoms with Crippen molar-refractivity contribution in [2.75, 3.05) is 4.72 Å². The summed E-state index contributed by atoms with van der Waals surface area (Å²) in [4.78, 5) is 4.18. The van der Waals surface area contributed by atoms with Crippen LogP contribution in [0.3, 0.4) is 0 Å². The number of benzene rings is 1. The molecule has 0 spiro atoms. The number of rotatable bonds is 3. The minimum absolute atomic E-state index is 0.0908. The molecule has 0 saturated carbocycles. The number of terminal acetylenes is 1. The van der Waals surface area contributed by atoms with Crippen molar-refractivity contribution >= 4 is 16.7 Å². The third-order valence-corrected chi connectivity index (χ3v) is 3.63. The monoisotopic (exact) mass is 274 g/mol. The van der Waals surface area contributed by atoms with Gasteiger partial charge in [-0.15, -0.1) is 6.42 Å². The van der Waals surface area contributed by atoms with E-state index < -0.39 is 16.8 Å². The first-order chi connectivity index (χ1) is 9.11. The number of hydrogen-bond acceptors (Lipinski definition) is 2. The molecule has 96 valence electrons. The normalized spacial score (nSPS) is 11.6. The van der Waals surface area contributed by atoms with Gasteiger partial charge in [0.1, 0.15) is 5.82 Å². The lowest BCUT2D eigenvalue weighted by Crippen LogP contribution is -2.08. The van der Waals surface area contributed by atoms with Crippen LogP contribution in [-0.2, 0) is 11.0 Å². The van der Waals surface area contributed by atoms with Gasteiger partial charge in [0.05, 0.1) is 16.3 Å². The van der Waals surface area contributed by atoms with Crippen LogP contribution in [0.2, 0.25) is 0 Å². The molecular formula is C14H11FN2OS. The van der Waals surface area contributed by atoms with Crippen molar-refractivity contribution in [3.05, 3.63) is 53.6 Å². The van der Waals surface area contributed by atoms with E-state index in [1.165, 1.54) is 12.1 Å². The molecular weight excluding hydrogens is 263 g/mol. The average molecular weight is 274 g/mol. The van der Waals surface area contributed by atoms with Crippen LogP contribution < -0.4 is 4.72 Å². The van der Waals surface area contributed by atoms with Crippen LogP contribution in [-0.4, -0.2) is 9.19 Å². The Balaban J connectivity index is 2.30. The second kappa shape index (κ2) is 5.63. The highest BCUT2D eigenvalue weighted by Crippen LogP contribution is 2.18. The second-order valence-corrected chi connectivity index (χ2v) is 4.98. The third-order valence-electron chi connectivity index (χ3n) is 2.49. The Morgan fingerprint density at radius 3 is 2.84 bits per heavy atom. The molecule has 2 aromatic rings. The Morgan fingerprint density at radius 2 is 2.16 bits per heavy atom. The van der Waals surface area contributed by atoms with Crippen LogP contribution in [0.1, 0.15) is 11.3 Å². The maximum atomic E-state index is 13.5.